The molecule has 2 heterocycles. The van der Waals surface area contributed by atoms with Gasteiger partial charge in [0.15, 0.2) is 6.04 Å². The molecule has 5 nitrogen and oxygen atoms in total. The minimum Gasteiger partial charge on any atom is -0.328 e. The van der Waals surface area contributed by atoms with Gasteiger partial charge in [-0.2, -0.15) is 0 Å². The van der Waals surface area contributed by atoms with Crippen molar-refractivity contribution >= 4 is 17.5 Å². The molecule has 2 fully saturated rings. The zero-order valence-corrected chi connectivity index (χ0v) is 12.7. The normalized spacial score (nSPS) is 30.0. The Morgan fingerprint density at radius 3 is 2.52 bits per heavy atom. The Labute approximate surface area is 125 Å². The summed E-state index contributed by atoms with van der Waals surface area (Å²) in [6, 6.07) is 7.42. The average Bonchev–Trinajstić information content (AvgIpc) is 2.75. The minimum atomic E-state index is -0.189. The first-order valence-corrected chi connectivity index (χ1v) is 7.65. The van der Waals surface area contributed by atoms with Crippen molar-refractivity contribution in [1.82, 2.24) is 0 Å². The molecule has 21 heavy (non-hydrogen) atoms. The zero-order valence-electron chi connectivity index (χ0n) is 12.7. The molecule has 2 amide bonds. The summed E-state index contributed by atoms with van der Waals surface area (Å²) in [4.78, 5) is 29.1. The van der Waals surface area contributed by atoms with E-state index in [4.69, 9.17) is 0 Å². The molecule has 5 heteroatoms. The van der Waals surface area contributed by atoms with E-state index in [0.717, 1.165) is 31.7 Å². The van der Waals surface area contributed by atoms with Crippen molar-refractivity contribution in [3.05, 3.63) is 29.8 Å². The molecule has 0 radical (unpaired) electrons. The van der Waals surface area contributed by atoms with Crippen LogP contribution in [0.3, 0.4) is 0 Å². The largest absolute Gasteiger partial charge is 0.328 e. The molecule has 2 saturated heterocycles. The Bertz CT molecular complexity index is 564. The van der Waals surface area contributed by atoms with E-state index >= 15 is 0 Å². The molecule has 3 rings (SSSR count). The van der Waals surface area contributed by atoms with Gasteiger partial charge in [0.05, 0.1) is 19.2 Å². The number of benzene rings is 1. The summed E-state index contributed by atoms with van der Waals surface area (Å²) in [5.41, 5.74) is 1.78. The summed E-state index contributed by atoms with van der Waals surface area (Å²) < 4.78 is 0. The van der Waals surface area contributed by atoms with E-state index in [1.807, 2.05) is 31.2 Å². The fourth-order valence-corrected chi connectivity index (χ4v) is 3.34. The first-order valence-electron chi connectivity index (χ1n) is 7.65. The Hall–Kier alpha value is -1.72. The van der Waals surface area contributed by atoms with Crippen molar-refractivity contribution in [1.29, 1.82) is 0 Å². The van der Waals surface area contributed by atoms with Crippen LogP contribution >= 0.6 is 0 Å². The van der Waals surface area contributed by atoms with Gasteiger partial charge in [-0.3, -0.25) is 9.59 Å². The number of amides is 2. The van der Waals surface area contributed by atoms with Crippen molar-refractivity contribution < 1.29 is 19.4 Å². The highest BCUT2D eigenvalue weighted by molar-refractivity contribution is 6.21. The van der Waals surface area contributed by atoms with Gasteiger partial charge in [-0.25, -0.2) is 4.90 Å². The second-order valence-corrected chi connectivity index (χ2v) is 6.28. The lowest BCUT2D eigenvalue weighted by molar-refractivity contribution is -1.01. The number of carbonyl (C=O) groups excluding carboxylic acids is 2. The molecule has 0 bridgehead atoms. The number of aryl methyl sites for hydroxylation is 1. The number of piperazine rings is 1. The van der Waals surface area contributed by atoms with Gasteiger partial charge in [0.25, 0.3) is 5.91 Å². The van der Waals surface area contributed by atoms with Crippen molar-refractivity contribution in [2.45, 2.75) is 19.4 Å². The fraction of sp³-hybridized carbons (Fsp3) is 0.500. The van der Waals surface area contributed by atoms with E-state index in [1.54, 1.807) is 0 Å². The molecule has 0 saturated carbocycles. The van der Waals surface area contributed by atoms with Gasteiger partial charge in [0.1, 0.15) is 26.2 Å². The van der Waals surface area contributed by atoms with Crippen molar-refractivity contribution in [2.24, 2.45) is 0 Å². The number of anilines is 1. The maximum absolute atomic E-state index is 12.7. The van der Waals surface area contributed by atoms with E-state index in [-0.39, 0.29) is 17.9 Å². The molecule has 0 unspecified atom stereocenters. The highest BCUT2D eigenvalue weighted by atomic mass is 16.2. The number of hydrogen-bond acceptors (Lipinski definition) is 2. The van der Waals surface area contributed by atoms with Crippen molar-refractivity contribution in [3.8, 4) is 0 Å². The van der Waals surface area contributed by atoms with Crippen molar-refractivity contribution in [2.75, 3.05) is 38.1 Å². The van der Waals surface area contributed by atoms with Crippen LogP contribution in [0.1, 0.15) is 12.0 Å². The van der Waals surface area contributed by atoms with E-state index in [9.17, 15) is 9.59 Å². The Kier molecular flexibility index (Phi) is 3.78. The Morgan fingerprint density at radius 1 is 1.14 bits per heavy atom. The van der Waals surface area contributed by atoms with E-state index in [0.29, 0.717) is 12.1 Å². The molecule has 0 aliphatic carbocycles. The van der Waals surface area contributed by atoms with Crippen LogP contribution in [0.5, 0.6) is 0 Å². The zero-order chi connectivity index (χ0) is 15.0. The molecule has 0 spiro atoms. The van der Waals surface area contributed by atoms with E-state index in [2.05, 4.69) is 7.05 Å². The minimum absolute atomic E-state index is 0.0276. The summed E-state index contributed by atoms with van der Waals surface area (Å²) in [6.07, 6.45) is 0.348. The van der Waals surface area contributed by atoms with Gasteiger partial charge in [-0.05, 0) is 24.6 Å². The molecule has 2 N–H and O–H groups in total. The quantitative estimate of drug-likeness (QED) is 0.621. The van der Waals surface area contributed by atoms with Crippen LogP contribution in [0.25, 0.3) is 0 Å². The Balaban J connectivity index is 1.79. The van der Waals surface area contributed by atoms with Crippen LogP contribution in [-0.4, -0.2) is 51.1 Å². The van der Waals surface area contributed by atoms with E-state index < -0.39 is 0 Å². The summed E-state index contributed by atoms with van der Waals surface area (Å²) in [5.74, 6) is -0.0884. The number of likely N-dealkylation sites (N-methyl/N-ethyl adjacent to an activating group) is 1. The number of nitrogens with zero attached hydrogens (tertiary/aromatic N) is 1. The third-order valence-corrected chi connectivity index (χ3v) is 4.65. The summed E-state index contributed by atoms with van der Waals surface area (Å²) in [5, 5.41) is 0. The molecule has 2 aliphatic rings. The smallest absolute Gasteiger partial charge is 0.292 e. The van der Waals surface area contributed by atoms with Gasteiger partial charge < -0.3 is 9.80 Å². The number of nitrogens with one attached hydrogen (secondary N) is 2. The number of carbonyl (C=O) groups is 2. The first-order chi connectivity index (χ1) is 10.1. The average molecular weight is 289 g/mol. The van der Waals surface area contributed by atoms with Crippen LogP contribution in [0.15, 0.2) is 24.3 Å². The maximum atomic E-state index is 12.7. The van der Waals surface area contributed by atoms with Crippen LogP contribution in [0.4, 0.5) is 5.69 Å². The summed E-state index contributed by atoms with van der Waals surface area (Å²) >= 11 is 0. The molecule has 1 aromatic rings. The van der Waals surface area contributed by atoms with Gasteiger partial charge in [-0.1, -0.05) is 12.1 Å². The van der Waals surface area contributed by atoms with E-state index in [1.165, 1.54) is 14.7 Å². The van der Waals surface area contributed by atoms with Gasteiger partial charge in [0.2, 0.25) is 5.91 Å². The Morgan fingerprint density at radius 2 is 1.86 bits per heavy atom. The SMILES string of the molecule is Cc1cccc(N2C(=O)C[C@@H]([NH+]3CC[NH+](C)CC3)C2=O)c1. The second kappa shape index (κ2) is 5.58. The van der Waals surface area contributed by atoms with Crippen LogP contribution < -0.4 is 14.7 Å². The number of rotatable bonds is 2. The van der Waals surface area contributed by atoms with Gasteiger partial charge >= 0.3 is 0 Å². The summed E-state index contributed by atoms with van der Waals surface area (Å²) in [6.45, 7) is 6.05. The van der Waals surface area contributed by atoms with Crippen LogP contribution in [0, 0.1) is 6.92 Å². The second-order valence-electron chi connectivity index (χ2n) is 6.28. The predicted octanol–water partition coefficient (Wildman–Crippen LogP) is -1.96. The number of hydrogen-bond donors (Lipinski definition) is 2. The number of imide groups is 1. The maximum Gasteiger partial charge on any atom is 0.292 e. The molecular formula is C16H23N3O2+2. The first kappa shape index (κ1) is 14.2. The highest BCUT2D eigenvalue weighted by Gasteiger charge is 2.46. The molecule has 1 aromatic carbocycles. The van der Waals surface area contributed by atoms with Gasteiger partial charge in [-0.15, -0.1) is 0 Å². The van der Waals surface area contributed by atoms with Crippen LogP contribution in [0.2, 0.25) is 0 Å². The molecule has 0 aromatic heterocycles. The third-order valence-electron chi connectivity index (χ3n) is 4.65. The predicted molar refractivity (Wildman–Crippen MR) is 79.4 cm³/mol. The van der Waals surface area contributed by atoms with Crippen LogP contribution in [-0.2, 0) is 9.59 Å². The topological polar surface area (TPSA) is 46.3 Å². The lowest BCUT2D eigenvalue weighted by atomic mass is 10.2. The highest BCUT2D eigenvalue weighted by Crippen LogP contribution is 2.22. The number of quaternary nitrogens is 2. The van der Waals surface area contributed by atoms with Gasteiger partial charge in [0, 0.05) is 0 Å². The third kappa shape index (κ3) is 2.71. The van der Waals surface area contributed by atoms with Crippen molar-refractivity contribution in [3.63, 3.8) is 0 Å². The summed E-state index contributed by atoms with van der Waals surface area (Å²) in [7, 11) is 2.18. The monoisotopic (exact) mass is 289 g/mol. The molecule has 2 aliphatic heterocycles. The molecule has 1 atom stereocenters. The standard InChI is InChI=1S/C16H21N3O2/c1-12-4-3-5-13(10-12)19-15(20)11-14(16(19)21)18-8-6-17(2)7-9-18/h3-5,10,14H,6-9,11H2,1-2H3/p+2/t14-/m1/s1. The molecule has 112 valence electrons. The lowest BCUT2D eigenvalue weighted by Gasteiger charge is -2.30. The lowest BCUT2D eigenvalue weighted by Crippen LogP contribution is -3.29. The molecular weight excluding hydrogens is 266 g/mol. The fourth-order valence-electron chi connectivity index (χ4n) is 3.34.